The molecule has 1 radical (unpaired) electrons. The third-order valence-electron chi connectivity index (χ3n) is 5.28. The second-order valence-corrected chi connectivity index (χ2v) is 8.27. The summed E-state index contributed by atoms with van der Waals surface area (Å²) in [6.07, 6.45) is 6.11. The van der Waals surface area contributed by atoms with Gasteiger partial charge in [-0.2, -0.15) is 0 Å². The zero-order valence-electron chi connectivity index (χ0n) is 14.7. The summed E-state index contributed by atoms with van der Waals surface area (Å²) in [6.45, 7) is 8.63. The van der Waals surface area contributed by atoms with Gasteiger partial charge in [0.2, 0.25) is 0 Å². The van der Waals surface area contributed by atoms with Crippen molar-refractivity contribution in [2.75, 3.05) is 0 Å². The number of piperidine rings is 1. The lowest BCUT2D eigenvalue weighted by Crippen LogP contribution is -2.57. The third-order valence-corrected chi connectivity index (χ3v) is 5.28. The zero-order chi connectivity index (χ0) is 16.7. The minimum atomic E-state index is -0.198. The standard InChI is InChI=1S/C20H28NO2/c1-19(2)11-8-12-20(3,4)21(19)23-18(22)14-16-13-17(16)15-9-6-5-7-10-15/h5-7,9-10,14,16-17H,8,11-13H2,1-4H3/t16-,17-/m0/s1. The molecule has 0 spiro atoms. The number of hydrogen-bond donors (Lipinski definition) is 0. The van der Waals surface area contributed by atoms with Gasteiger partial charge in [0, 0.05) is 6.08 Å². The van der Waals surface area contributed by atoms with E-state index in [1.54, 1.807) is 6.08 Å². The number of benzene rings is 1. The number of rotatable bonds is 4. The molecule has 1 aliphatic heterocycles. The molecule has 3 nitrogen and oxygen atoms in total. The maximum atomic E-state index is 12.4. The van der Waals surface area contributed by atoms with Gasteiger partial charge in [-0.3, -0.25) is 0 Å². The SMILES string of the molecule is CC1(C)CCCC(C)(C)N1OC([O])=C[C@@H]1C[C@H]1c1ccccc1. The summed E-state index contributed by atoms with van der Waals surface area (Å²) < 4.78 is 0. The fourth-order valence-electron chi connectivity index (χ4n) is 4.00. The topological polar surface area (TPSA) is 32.4 Å². The molecule has 2 atom stereocenters. The van der Waals surface area contributed by atoms with Crippen LogP contribution in [0.25, 0.3) is 0 Å². The average Bonchev–Trinajstić information content (AvgIpc) is 3.23. The molecule has 125 valence electrons. The maximum absolute atomic E-state index is 12.4. The highest BCUT2D eigenvalue weighted by molar-refractivity contribution is 5.28. The smallest absolute Gasteiger partial charge is 0.345 e. The highest BCUT2D eigenvalue weighted by Gasteiger charge is 2.45. The third kappa shape index (κ3) is 3.55. The Labute approximate surface area is 139 Å². The first-order chi connectivity index (χ1) is 10.8. The molecule has 1 aliphatic carbocycles. The Morgan fingerprint density at radius 1 is 1.13 bits per heavy atom. The fourth-order valence-corrected chi connectivity index (χ4v) is 4.00. The van der Waals surface area contributed by atoms with Gasteiger partial charge in [-0.15, -0.1) is 5.06 Å². The van der Waals surface area contributed by atoms with Gasteiger partial charge in [-0.05, 0) is 70.8 Å². The van der Waals surface area contributed by atoms with Crippen LogP contribution < -0.4 is 0 Å². The van der Waals surface area contributed by atoms with Crippen LogP contribution in [0.3, 0.4) is 0 Å². The van der Waals surface area contributed by atoms with Crippen molar-refractivity contribution < 1.29 is 9.94 Å². The van der Waals surface area contributed by atoms with Crippen molar-refractivity contribution in [1.82, 2.24) is 5.06 Å². The van der Waals surface area contributed by atoms with Crippen LogP contribution in [0, 0.1) is 5.92 Å². The van der Waals surface area contributed by atoms with E-state index in [1.807, 2.05) is 11.1 Å². The summed E-state index contributed by atoms with van der Waals surface area (Å²) in [5, 5.41) is 14.3. The van der Waals surface area contributed by atoms with E-state index in [4.69, 9.17) is 4.84 Å². The van der Waals surface area contributed by atoms with Crippen LogP contribution in [-0.2, 0) is 9.94 Å². The maximum Gasteiger partial charge on any atom is 0.345 e. The minimum Gasteiger partial charge on any atom is -0.363 e. The van der Waals surface area contributed by atoms with Crippen LogP contribution >= 0.6 is 0 Å². The number of allylic oxidation sites excluding steroid dienone is 1. The number of hydroxylamine groups is 2. The Kier molecular flexibility index (Phi) is 4.18. The average molecular weight is 314 g/mol. The van der Waals surface area contributed by atoms with Crippen molar-refractivity contribution in [3.8, 4) is 0 Å². The van der Waals surface area contributed by atoms with Crippen LogP contribution in [-0.4, -0.2) is 16.1 Å². The van der Waals surface area contributed by atoms with Crippen LogP contribution in [0.5, 0.6) is 0 Å². The molecule has 1 aromatic carbocycles. The molecule has 0 aromatic heterocycles. The van der Waals surface area contributed by atoms with Crippen molar-refractivity contribution >= 4 is 0 Å². The summed E-state index contributed by atoms with van der Waals surface area (Å²) in [5.74, 6) is 0.600. The lowest BCUT2D eigenvalue weighted by molar-refractivity contribution is -0.281. The van der Waals surface area contributed by atoms with Gasteiger partial charge in [-0.1, -0.05) is 30.3 Å². The first-order valence-corrected chi connectivity index (χ1v) is 8.72. The van der Waals surface area contributed by atoms with E-state index in [9.17, 15) is 5.11 Å². The zero-order valence-corrected chi connectivity index (χ0v) is 14.7. The summed E-state index contributed by atoms with van der Waals surface area (Å²) >= 11 is 0. The van der Waals surface area contributed by atoms with E-state index in [0.717, 1.165) is 19.3 Å². The summed E-state index contributed by atoms with van der Waals surface area (Å²) in [7, 11) is 0. The van der Waals surface area contributed by atoms with Crippen molar-refractivity contribution in [3.63, 3.8) is 0 Å². The van der Waals surface area contributed by atoms with Crippen molar-refractivity contribution in [2.24, 2.45) is 5.92 Å². The summed E-state index contributed by atoms with van der Waals surface area (Å²) in [6, 6.07) is 10.4. The van der Waals surface area contributed by atoms with Gasteiger partial charge < -0.3 is 4.84 Å². The fraction of sp³-hybridized carbons (Fsp3) is 0.600. The Morgan fingerprint density at radius 3 is 2.35 bits per heavy atom. The van der Waals surface area contributed by atoms with Crippen molar-refractivity contribution in [1.29, 1.82) is 0 Å². The van der Waals surface area contributed by atoms with E-state index in [2.05, 4.69) is 52.0 Å². The normalized spacial score (nSPS) is 30.0. The predicted octanol–water partition coefficient (Wildman–Crippen LogP) is 5.04. The molecule has 1 heterocycles. The number of nitrogens with zero attached hydrogens (tertiary/aromatic N) is 1. The van der Waals surface area contributed by atoms with Crippen LogP contribution in [0.2, 0.25) is 0 Å². The quantitative estimate of drug-likeness (QED) is 0.730. The van der Waals surface area contributed by atoms with Gasteiger partial charge in [-0.25, -0.2) is 5.11 Å². The largest absolute Gasteiger partial charge is 0.363 e. The monoisotopic (exact) mass is 314 g/mol. The first kappa shape index (κ1) is 16.4. The Hall–Kier alpha value is -1.48. The van der Waals surface area contributed by atoms with Gasteiger partial charge in [0.1, 0.15) is 0 Å². The van der Waals surface area contributed by atoms with Gasteiger partial charge in [0.05, 0.1) is 11.1 Å². The molecular formula is C20H28NO2. The number of hydrogen-bond acceptors (Lipinski definition) is 2. The first-order valence-electron chi connectivity index (χ1n) is 8.72. The molecule has 1 aromatic rings. The van der Waals surface area contributed by atoms with Crippen molar-refractivity contribution in [3.05, 3.63) is 47.9 Å². The minimum absolute atomic E-state index is 0.104. The molecule has 2 aliphatic rings. The summed E-state index contributed by atoms with van der Waals surface area (Å²) in [5.41, 5.74) is 1.11. The Bertz CT molecular complexity index is 561. The molecule has 3 heteroatoms. The Morgan fingerprint density at radius 2 is 1.74 bits per heavy atom. The molecule has 23 heavy (non-hydrogen) atoms. The van der Waals surface area contributed by atoms with E-state index < -0.39 is 0 Å². The lowest BCUT2D eigenvalue weighted by Gasteiger charge is -2.50. The van der Waals surface area contributed by atoms with E-state index in [-0.39, 0.29) is 17.0 Å². The van der Waals surface area contributed by atoms with E-state index in [1.165, 1.54) is 12.0 Å². The molecule has 0 unspecified atom stereocenters. The lowest BCUT2D eigenvalue weighted by atomic mass is 9.82. The molecule has 1 saturated carbocycles. The molecule has 1 saturated heterocycles. The molecular weight excluding hydrogens is 286 g/mol. The molecule has 0 amide bonds. The second kappa shape index (κ2) is 5.86. The van der Waals surface area contributed by atoms with Crippen LogP contribution in [0.1, 0.15) is 64.9 Å². The summed E-state index contributed by atoms with van der Waals surface area (Å²) in [4.78, 5) is 5.80. The predicted molar refractivity (Wildman–Crippen MR) is 91.0 cm³/mol. The van der Waals surface area contributed by atoms with Crippen molar-refractivity contribution in [2.45, 2.75) is 70.4 Å². The van der Waals surface area contributed by atoms with Gasteiger partial charge in [0.15, 0.2) is 0 Å². The van der Waals surface area contributed by atoms with Gasteiger partial charge >= 0.3 is 5.95 Å². The van der Waals surface area contributed by atoms with Crippen LogP contribution in [0.4, 0.5) is 0 Å². The van der Waals surface area contributed by atoms with Gasteiger partial charge in [0.25, 0.3) is 0 Å². The van der Waals surface area contributed by atoms with E-state index in [0.29, 0.717) is 11.8 Å². The Balaban J connectivity index is 1.66. The van der Waals surface area contributed by atoms with E-state index >= 15 is 0 Å². The molecule has 3 rings (SSSR count). The van der Waals surface area contributed by atoms with Crippen LogP contribution in [0.15, 0.2) is 42.4 Å². The molecule has 2 fully saturated rings. The second-order valence-electron chi connectivity index (χ2n) is 8.27. The highest BCUT2D eigenvalue weighted by atomic mass is 16.7. The molecule has 0 bridgehead atoms. The molecule has 0 N–H and O–H groups in total. The highest BCUT2D eigenvalue weighted by Crippen LogP contribution is 2.49.